The van der Waals surface area contributed by atoms with Gasteiger partial charge in [0, 0.05) is 11.1 Å². The van der Waals surface area contributed by atoms with Gasteiger partial charge in [-0.2, -0.15) is 0 Å². The van der Waals surface area contributed by atoms with Crippen molar-refractivity contribution in [2.24, 2.45) is 0 Å². The lowest BCUT2D eigenvalue weighted by Crippen LogP contribution is -2.15. The lowest BCUT2D eigenvalue weighted by atomic mass is 10.3. The molecule has 0 fully saturated rings. The number of aliphatic hydroxyl groups is 1. The molecule has 0 aromatic heterocycles. The van der Waals surface area contributed by atoms with Crippen molar-refractivity contribution in [1.82, 2.24) is 0 Å². The Balaban J connectivity index is 0. The van der Waals surface area contributed by atoms with Gasteiger partial charge in [-0.25, -0.2) is 9.59 Å². The van der Waals surface area contributed by atoms with Crippen LogP contribution in [0.5, 0.6) is 0 Å². The number of esters is 2. The van der Waals surface area contributed by atoms with Crippen LogP contribution in [0, 0.1) is 0 Å². The minimum absolute atomic E-state index is 0.0334. The Morgan fingerprint density at radius 1 is 1.11 bits per heavy atom. The van der Waals surface area contributed by atoms with E-state index in [2.05, 4.69) is 22.6 Å². The molecular weight excluding hydrogens is 236 g/mol. The van der Waals surface area contributed by atoms with Gasteiger partial charge < -0.3 is 14.6 Å². The first-order valence-electron chi connectivity index (χ1n) is 5.55. The van der Waals surface area contributed by atoms with E-state index in [4.69, 9.17) is 5.11 Å². The van der Waals surface area contributed by atoms with E-state index >= 15 is 0 Å². The maximum Gasteiger partial charge on any atom is 0.333 e. The average Bonchev–Trinajstić information content (AvgIpc) is 2.26. The zero-order valence-corrected chi connectivity index (χ0v) is 11.5. The standard InChI is InChI=1S/C7H12O3.C6H10O2/c1-5(2)7(9)10-4-6(3)8;1-4-8-6(7)5(2)3/h6,8H,1,4H2,2-3H3;2,4H2,1,3H3. The molecule has 0 rings (SSSR count). The van der Waals surface area contributed by atoms with Crippen molar-refractivity contribution in [3.8, 4) is 0 Å². The first-order chi connectivity index (χ1) is 8.22. The SMILES string of the molecule is C=C(C)C(=O)OCC.C=C(C)C(=O)OCC(C)O. The van der Waals surface area contributed by atoms with Crippen LogP contribution in [-0.4, -0.2) is 36.4 Å². The largest absolute Gasteiger partial charge is 0.463 e. The summed E-state index contributed by atoms with van der Waals surface area (Å²) in [5.41, 5.74) is 0.799. The van der Waals surface area contributed by atoms with Crippen LogP contribution >= 0.6 is 0 Å². The normalized spacial score (nSPS) is 10.5. The predicted octanol–water partition coefficient (Wildman–Crippen LogP) is 1.61. The number of hydrogen-bond acceptors (Lipinski definition) is 5. The molecule has 0 spiro atoms. The lowest BCUT2D eigenvalue weighted by molar-refractivity contribution is -0.141. The fourth-order valence-corrected chi connectivity index (χ4v) is 0.574. The van der Waals surface area contributed by atoms with Gasteiger partial charge >= 0.3 is 11.9 Å². The van der Waals surface area contributed by atoms with Gasteiger partial charge in [0.2, 0.25) is 0 Å². The number of hydrogen-bond donors (Lipinski definition) is 1. The molecular formula is C13H22O5. The van der Waals surface area contributed by atoms with Crippen molar-refractivity contribution in [1.29, 1.82) is 0 Å². The van der Waals surface area contributed by atoms with Crippen LogP contribution in [-0.2, 0) is 19.1 Å². The van der Waals surface area contributed by atoms with E-state index < -0.39 is 12.1 Å². The third kappa shape index (κ3) is 12.4. The molecule has 104 valence electrons. The van der Waals surface area contributed by atoms with Gasteiger partial charge in [0.25, 0.3) is 0 Å². The van der Waals surface area contributed by atoms with Crippen LogP contribution in [0.2, 0.25) is 0 Å². The second-order valence-corrected chi connectivity index (χ2v) is 3.73. The summed E-state index contributed by atoms with van der Waals surface area (Å²) in [7, 11) is 0. The van der Waals surface area contributed by atoms with Crippen molar-refractivity contribution in [3.63, 3.8) is 0 Å². The lowest BCUT2D eigenvalue weighted by Gasteiger charge is -2.04. The Hall–Kier alpha value is -1.62. The number of ether oxygens (including phenoxy) is 2. The first-order valence-corrected chi connectivity index (χ1v) is 5.55. The summed E-state index contributed by atoms with van der Waals surface area (Å²) in [5.74, 6) is -0.770. The summed E-state index contributed by atoms with van der Waals surface area (Å²) in [5, 5.41) is 8.68. The van der Waals surface area contributed by atoms with Crippen LogP contribution in [0.25, 0.3) is 0 Å². The Morgan fingerprint density at radius 3 is 1.72 bits per heavy atom. The van der Waals surface area contributed by atoms with Crippen LogP contribution in [0.3, 0.4) is 0 Å². The second-order valence-electron chi connectivity index (χ2n) is 3.73. The van der Waals surface area contributed by atoms with Gasteiger partial charge in [-0.05, 0) is 27.7 Å². The van der Waals surface area contributed by atoms with E-state index in [0.29, 0.717) is 17.8 Å². The maximum absolute atomic E-state index is 10.6. The fraction of sp³-hybridized carbons (Fsp3) is 0.538. The zero-order valence-electron chi connectivity index (χ0n) is 11.5. The highest BCUT2D eigenvalue weighted by Gasteiger charge is 2.03. The predicted molar refractivity (Wildman–Crippen MR) is 68.9 cm³/mol. The van der Waals surface area contributed by atoms with Gasteiger partial charge in [-0.3, -0.25) is 0 Å². The van der Waals surface area contributed by atoms with Crippen LogP contribution in [0.4, 0.5) is 0 Å². The Labute approximate surface area is 108 Å². The molecule has 1 atom stereocenters. The van der Waals surface area contributed by atoms with E-state index in [-0.39, 0.29) is 12.6 Å². The van der Waals surface area contributed by atoms with Crippen molar-refractivity contribution in [2.75, 3.05) is 13.2 Å². The number of carbonyl (C=O) groups excluding carboxylic acids is 2. The van der Waals surface area contributed by atoms with Crippen LogP contribution < -0.4 is 0 Å². The van der Waals surface area contributed by atoms with E-state index in [1.807, 2.05) is 0 Å². The van der Waals surface area contributed by atoms with Crippen LogP contribution in [0.15, 0.2) is 24.3 Å². The molecule has 0 radical (unpaired) electrons. The van der Waals surface area contributed by atoms with Gasteiger partial charge in [-0.15, -0.1) is 0 Å². The summed E-state index contributed by atoms with van der Waals surface area (Å²) in [6.07, 6.45) is -0.608. The van der Waals surface area contributed by atoms with Gasteiger partial charge in [0.15, 0.2) is 0 Å². The van der Waals surface area contributed by atoms with Crippen LogP contribution in [0.1, 0.15) is 27.7 Å². The molecule has 0 aromatic rings. The molecule has 0 bridgehead atoms. The summed E-state index contributed by atoms with van der Waals surface area (Å²) in [6.45, 7) is 13.7. The van der Waals surface area contributed by atoms with E-state index in [1.54, 1.807) is 27.7 Å². The van der Waals surface area contributed by atoms with Crippen molar-refractivity contribution >= 4 is 11.9 Å². The minimum Gasteiger partial charge on any atom is -0.463 e. The maximum atomic E-state index is 10.6. The number of carbonyl (C=O) groups is 2. The molecule has 0 aliphatic carbocycles. The highest BCUT2D eigenvalue weighted by molar-refractivity contribution is 5.87. The smallest absolute Gasteiger partial charge is 0.333 e. The molecule has 5 nitrogen and oxygen atoms in total. The molecule has 0 amide bonds. The van der Waals surface area contributed by atoms with Crippen molar-refractivity contribution in [2.45, 2.75) is 33.8 Å². The number of rotatable bonds is 5. The van der Waals surface area contributed by atoms with Gasteiger partial charge in [0.05, 0.1) is 12.7 Å². The molecule has 0 saturated carbocycles. The summed E-state index contributed by atoms with van der Waals surface area (Å²) >= 11 is 0. The quantitative estimate of drug-likeness (QED) is 0.599. The van der Waals surface area contributed by atoms with Gasteiger partial charge in [0.1, 0.15) is 6.61 Å². The third-order valence-electron chi connectivity index (χ3n) is 1.43. The third-order valence-corrected chi connectivity index (χ3v) is 1.43. The zero-order chi connectivity index (χ0) is 14.7. The molecule has 1 N–H and O–H groups in total. The molecule has 0 saturated heterocycles. The molecule has 0 aromatic carbocycles. The molecule has 1 unspecified atom stereocenters. The van der Waals surface area contributed by atoms with E-state index in [1.165, 1.54) is 0 Å². The Kier molecular flexibility index (Phi) is 11.0. The highest BCUT2D eigenvalue weighted by atomic mass is 16.5. The summed E-state index contributed by atoms with van der Waals surface area (Å²) < 4.78 is 9.14. The topological polar surface area (TPSA) is 72.8 Å². The average molecular weight is 258 g/mol. The van der Waals surface area contributed by atoms with E-state index in [9.17, 15) is 9.59 Å². The van der Waals surface area contributed by atoms with Gasteiger partial charge in [-0.1, -0.05) is 13.2 Å². The van der Waals surface area contributed by atoms with Crippen molar-refractivity contribution < 1.29 is 24.2 Å². The second kappa shape index (κ2) is 10.5. The number of aliphatic hydroxyl groups excluding tert-OH is 1. The molecule has 0 aliphatic heterocycles. The molecule has 0 heterocycles. The Bertz CT molecular complexity index is 305. The fourth-order valence-electron chi connectivity index (χ4n) is 0.574. The first kappa shape index (κ1) is 18.7. The minimum atomic E-state index is -0.608. The molecule has 18 heavy (non-hydrogen) atoms. The summed E-state index contributed by atoms with van der Waals surface area (Å²) in [6, 6.07) is 0. The van der Waals surface area contributed by atoms with Crippen molar-refractivity contribution in [3.05, 3.63) is 24.3 Å². The highest BCUT2D eigenvalue weighted by Crippen LogP contribution is 1.92. The molecule has 0 aliphatic rings. The summed E-state index contributed by atoms with van der Waals surface area (Å²) in [4.78, 5) is 21.0. The monoisotopic (exact) mass is 258 g/mol. The molecule has 5 heteroatoms. The Morgan fingerprint density at radius 2 is 1.50 bits per heavy atom. The van der Waals surface area contributed by atoms with E-state index in [0.717, 1.165) is 0 Å².